The SMILES string of the molecule is COCC(NC(=O)CN1CCOc2ccccc2C1)c1ccnn1C. The fourth-order valence-corrected chi connectivity index (χ4v) is 3.05. The highest BCUT2D eigenvalue weighted by molar-refractivity contribution is 5.78. The molecule has 0 bridgehead atoms. The smallest absolute Gasteiger partial charge is 0.234 e. The molecule has 0 aliphatic carbocycles. The Balaban J connectivity index is 1.62. The van der Waals surface area contributed by atoms with E-state index in [1.807, 2.05) is 37.4 Å². The van der Waals surface area contributed by atoms with Crippen molar-refractivity contribution in [2.45, 2.75) is 12.6 Å². The van der Waals surface area contributed by atoms with Gasteiger partial charge in [-0.3, -0.25) is 14.4 Å². The number of fused-ring (bicyclic) bond motifs is 1. The van der Waals surface area contributed by atoms with Gasteiger partial charge in [-0.05, 0) is 12.1 Å². The first-order chi connectivity index (χ1) is 12.2. The van der Waals surface area contributed by atoms with Crippen molar-refractivity contribution < 1.29 is 14.3 Å². The van der Waals surface area contributed by atoms with E-state index in [0.29, 0.717) is 32.8 Å². The summed E-state index contributed by atoms with van der Waals surface area (Å²) in [7, 11) is 3.48. The fourth-order valence-electron chi connectivity index (χ4n) is 3.05. The van der Waals surface area contributed by atoms with Crippen LogP contribution in [0.3, 0.4) is 0 Å². The van der Waals surface area contributed by atoms with Crippen LogP contribution in [0.1, 0.15) is 17.3 Å². The maximum absolute atomic E-state index is 12.5. The van der Waals surface area contributed by atoms with Gasteiger partial charge >= 0.3 is 0 Å². The number of benzene rings is 1. The van der Waals surface area contributed by atoms with Crippen LogP contribution in [0.25, 0.3) is 0 Å². The predicted octanol–water partition coefficient (Wildman–Crippen LogP) is 1.12. The monoisotopic (exact) mass is 344 g/mol. The quantitative estimate of drug-likeness (QED) is 0.850. The second kappa shape index (κ2) is 8.13. The van der Waals surface area contributed by atoms with Gasteiger partial charge in [-0.1, -0.05) is 18.2 Å². The highest BCUT2D eigenvalue weighted by atomic mass is 16.5. The number of nitrogens with zero attached hydrogens (tertiary/aromatic N) is 3. The van der Waals surface area contributed by atoms with E-state index in [4.69, 9.17) is 9.47 Å². The number of nitrogens with one attached hydrogen (secondary N) is 1. The zero-order valence-corrected chi connectivity index (χ0v) is 14.6. The Morgan fingerprint density at radius 3 is 3.00 bits per heavy atom. The Morgan fingerprint density at radius 2 is 2.24 bits per heavy atom. The molecule has 0 saturated heterocycles. The maximum atomic E-state index is 12.5. The van der Waals surface area contributed by atoms with Gasteiger partial charge in [-0.25, -0.2) is 0 Å². The van der Waals surface area contributed by atoms with Gasteiger partial charge in [0.15, 0.2) is 0 Å². The van der Waals surface area contributed by atoms with E-state index in [9.17, 15) is 4.79 Å². The van der Waals surface area contributed by atoms with Gasteiger partial charge in [0.05, 0.1) is 24.9 Å². The van der Waals surface area contributed by atoms with Crippen LogP contribution < -0.4 is 10.1 Å². The Hall–Kier alpha value is -2.38. The number of methoxy groups -OCH3 is 1. The molecule has 134 valence electrons. The summed E-state index contributed by atoms with van der Waals surface area (Å²) in [5, 5.41) is 7.21. The average molecular weight is 344 g/mol. The van der Waals surface area contributed by atoms with Crippen molar-refractivity contribution in [1.82, 2.24) is 20.0 Å². The minimum absolute atomic E-state index is 0.0392. The van der Waals surface area contributed by atoms with E-state index < -0.39 is 0 Å². The number of rotatable bonds is 6. The van der Waals surface area contributed by atoms with Crippen LogP contribution in [0.2, 0.25) is 0 Å². The standard InChI is InChI=1S/C18H24N4O3/c1-21-16(7-8-19-21)15(13-24-2)20-18(23)12-22-9-10-25-17-6-4-3-5-14(17)11-22/h3-8,15H,9-13H2,1-2H3,(H,20,23). The van der Waals surface area contributed by atoms with E-state index in [2.05, 4.69) is 15.3 Å². The Morgan fingerprint density at radius 1 is 1.40 bits per heavy atom. The van der Waals surface area contributed by atoms with Crippen LogP contribution in [0.4, 0.5) is 0 Å². The summed E-state index contributed by atoms with van der Waals surface area (Å²) >= 11 is 0. The Labute approximate surface area is 147 Å². The van der Waals surface area contributed by atoms with Crippen molar-refractivity contribution >= 4 is 5.91 Å². The fraction of sp³-hybridized carbons (Fsp3) is 0.444. The van der Waals surface area contributed by atoms with Crippen LogP contribution in [0, 0.1) is 0 Å². The zero-order valence-electron chi connectivity index (χ0n) is 14.6. The molecule has 1 aromatic carbocycles. The molecule has 1 aliphatic rings. The number of aromatic nitrogens is 2. The number of para-hydroxylation sites is 1. The van der Waals surface area contributed by atoms with Crippen molar-refractivity contribution in [2.75, 3.05) is 33.4 Å². The van der Waals surface area contributed by atoms with Gasteiger partial charge in [0, 0.05) is 39.0 Å². The van der Waals surface area contributed by atoms with E-state index >= 15 is 0 Å². The number of hydrogen-bond acceptors (Lipinski definition) is 5. The van der Waals surface area contributed by atoms with E-state index in [1.54, 1.807) is 18.0 Å². The largest absolute Gasteiger partial charge is 0.492 e. The topological polar surface area (TPSA) is 68.6 Å². The van der Waals surface area contributed by atoms with Crippen LogP contribution in [-0.2, 0) is 23.1 Å². The lowest BCUT2D eigenvalue weighted by Crippen LogP contribution is -2.41. The minimum atomic E-state index is -0.222. The molecule has 0 saturated carbocycles. The Bertz CT molecular complexity index is 716. The predicted molar refractivity (Wildman–Crippen MR) is 93.2 cm³/mol. The molecular formula is C18H24N4O3. The van der Waals surface area contributed by atoms with Gasteiger partial charge < -0.3 is 14.8 Å². The lowest BCUT2D eigenvalue weighted by Gasteiger charge is -2.22. The number of amides is 1. The lowest BCUT2D eigenvalue weighted by molar-refractivity contribution is -0.123. The molecule has 1 amide bonds. The summed E-state index contributed by atoms with van der Waals surface area (Å²) in [6.45, 7) is 2.70. The van der Waals surface area contributed by atoms with Gasteiger partial charge in [-0.15, -0.1) is 0 Å². The molecule has 1 N–H and O–H groups in total. The van der Waals surface area contributed by atoms with Crippen molar-refractivity contribution in [2.24, 2.45) is 7.05 Å². The zero-order chi connectivity index (χ0) is 17.6. The highest BCUT2D eigenvalue weighted by Crippen LogP contribution is 2.22. The van der Waals surface area contributed by atoms with Crippen molar-refractivity contribution in [3.8, 4) is 5.75 Å². The molecule has 1 aromatic heterocycles. The number of hydrogen-bond donors (Lipinski definition) is 1. The molecule has 1 atom stereocenters. The number of carbonyl (C=O) groups excluding carboxylic acids is 1. The van der Waals surface area contributed by atoms with E-state index in [0.717, 1.165) is 17.0 Å². The third kappa shape index (κ3) is 4.37. The Kier molecular flexibility index (Phi) is 5.67. The first-order valence-electron chi connectivity index (χ1n) is 8.36. The van der Waals surface area contributed by atoms with Gasteiger partial charge in [0.1, 0.15) is 12.4 Å². The third-order valence-corrected chi connectivity index (χ3v) is 4.28. The number of aryl methyl sites for hydroxylation is 1. The second-order valence-electron chi connectivity index (χ2n) is 6.12. The summed E-state index contributed by atoms with van der Waals surface area (Å²) in [6.07, 6.45) is 1.72. The van der Waals surface area contributed by atoms with Crippen molar-refractivity contribution in [1.29, 1.82) is 0 Å². The van der Waals surface area contributed by atoms with Crippen molar-refractivity contribution in [3.63, 3.8) is 0 Å². The summed E-state index contributed by atoms with van der Waals surface area (Å²) in [6, 6.07) is 9.62. The molecule has 1 unspecified atom stereocenters. The highest BCUT2D eigenvalue weighted by Gasteiger charge is 2.21. The molecule has 7 heteroatoms. The van der Waals surface area contributed by atoms with Crippen LogP contribution in [0.15, 0.2) is 36.5 Å². The molecule has 25 heavy (non-hydrogen) atoms. The first-order valence-corrected chi connectivity index (χ1v) is 8.36. The molecule has 2 heterocycles. The maximum Gasteiger partial charge on any atom is 0.234 e. The van der Waals surface area contributed by atoms with E-state index in [1.165, 1.54) is 0 Å². The number of carbonyl (C=O) groups is 1. The van der Waals surface area contributed by atoms with Gasteiger partial charge in [0.2, 0.25) is 5.91 Å². The van der Waals surface area contributed by atoms with Crippen LogP contribution in [-0.4, -0.2) is 54.0 Å². The van der Waals surface area contributed by atoms with E-state index in [-0.39, 0.29) is 11.9 Å². The average Bonchev–Trinajstić information content (AvgIpc) is 2.91. The summed E-state index contributed by atoms with van der Waals surface area (Å²) in [5.74, 6) is 0.861. The molecule has 0 spiro atoms. The number of ether oxygens (including phenoxy) is 2. The molecule has 3 rings (SSSR count). The molecule has 0 radical (unpaired) electrons. The molecule has 2 aromatic rings. The third-order valence-electron chi connectivity index (χ3n) is 4.28. The minimum Gasteiger partial charge on any atom is -0.492 e. The van der Waals surface area contributed by atoms with Gasteiger partial charge in [0.25, 0.3) is 0 Å². The molecule has 7 nitrogen and oxygen atoms in total. The molecule has 0 fully saturated rings. The summed E-state index contributed by atoms with van der Waals surface area (Å²) < 4.78 is 12.8. The second-order valence-corrected chi connectivity index (χ2v) is 6.12. The van der Waals surface area contributed by atoms with Crippen LogP contribution >= 0.6 is 0 Å². The molecular weight excluding hydrogens is 320 g/mol. The van der Waals surface area contributed by atoms with Gasteiger partial charge in [-0.2, -0.15) is 5.10 Å². The first kappa shape index (κ1) is 17.4. The van der Waals surface area contributed by atoms with Crippen LogP contribution in [0.5, 0.6) is 5.75 Å². The van der Waals surface area contributed by atoms with Crippen molar-refractivity contribution in [3.05, 3.63) is 47.8 Å². The summed E-state index contributed by atoms with van der Waals surface area (Å²) in [5.41, 5.74) is 2.02. The molecule has 1 aliphatic heterocycles. The lowest BCUT2D eigenvalue weighted by atomic mass is 10.2. The summed E-state index contributed by atoms with van der Waals surface area (Å²) in [4.78, 5) is 14.6. The normalized spacial score (nSPS) is 15.8.